The summed E-state index contributed by atoms with van der Waals surface area (Å²) in [6.45, 7) is 7.10. The van der Waals surface area contributed by atoms with Crippen LogP contribution >= 0.6 is 0 Å². The Kier molecular flexibility index (Phi) is 3.71. The zero-order chi connectivity index (χ0) is 13.2. The van der Waals surface area contributed by atoms with Gasteiger partial charge in [-0.25, -0.2) is 9.97 Å². The van der Waals surface area contributed by atoms with Gasteiger partial charge in [-0.1, -0.05) is 20.8 Å². The second kappa shape index (κ2) is 5.10. The molecule has 1 heterocycles. The molecule has 5 nitrogen and oxygen atoms in total. The Labute approximate surface area is 108 Å². The molecule has 1 fully saturated rings. The van der Waals surface area contributed by atoms with Crippen LogP contribution in [0.2, 0.25) is 0 Å². The maximum absolute atomic E-state index is 6.00. The highest BCUT2D eigenvalue weighted by Crippen LogP contribution is 2.40. The van der Waals surface area contributed by atoms with Crippen LogP contribution in [0.4, 0.5) is 5.82 Å². The molecule has 1 aromatic heterocycles. The Balaban J connectivity index is 1.98. The largest absolute Gasteiger partial charge is 0.478 e. The number of hydrogen-bond acceptors (Lipinski definition) is 5. The Morgan fingerprint density at radius 3 is 2.89 bits per heavy atom. The topological polar surface area (TPSA) is 73.1 Å². The van der Waals surface area contributed by atoms with Gasteiger partial charge in [0.25, 0.3) is 0 Å². The molecule has 2 rings (SSSR count). The molecule has 0 radical (unpaired) electrons. The lowest BCUT2D eigenvalue weighted by Crippen LogP contribution is -2.61. The number of aromatic nitrogens is 2. The molecular weight excluding hydrogens is 228 g/mol. The van der Waals surface area contributed by atoms with E-state index in [0.29, 0.717) is 18.5 Å². The Morgan fingerprint density at radius 2 is 2.28 bits per heavy atom. The number of hydrogen-bond donors (Lipinski definition) is 2. The molecule has 1 saturated carbocycles. The summed E-state index contributed by atoms with van der Waals surface area (Å²) in [5.41, 5.74) is 6.11. The van der Waals surface area contributed by atoms with E-state index in [4.69, 9.17) is 10.5 Å². The molecular formula is C13H22N4O. The van der Waals surface area contributed by atoms with Crippen molar-refractivity contribution in [1.29, 1.82) is 0 Å². The van der Waals surface area contributed by atoms with Crippen LogP contribution in [0.15, 0.2) is 12.4 Å². The summed E-state index contributed by atoms with van der Waals surface area (Å²) in [7, 11) is 0. The first-order valence-electron chi connectivity index (χ1n) is 6.51. The molecule has 1 aromatic rings. The van der Waals surface area contributed by atoms with Gasteiger partial charge < -0.3 is 15.8 Å². The van der Waals surface area contributed by atoms with Gasteiger partial charge in [0.15, 0.2) is 0 Å². The Bertz CT molecular complexity index is 408. The van der Waals surface area contributed by atoms with E-state index in [9.17, 15) is 0 Å². The molecule has 3 N–H and O–H groups in total. The maximum atomic E-state index is 6.00. The normalized spacial score (nSPS) is 25.3. The third-order valence-corrected chi connectivity index (χ3v) is 3.76. The van der Waals surface area contributed by atoms with E-state index in [2.05, 4.69) is 36.1 Å². The van der Waals surface area contributed by atoms with Gasteiger partial charge in [-0.15, -0.1) is 0 Å². The quantitative estimate of drug-likeness (QED) is 0.833. The molecule has 1 aliphatic carbocycles. The van der Waals surface area contributed by atoms with Gasteiger partial charge in [0.2, 0.25) is 5.88 Å². The van der Waals surface area contributed by atoms with Crippen molar-refractivity contribution < 1.29 is 4.74 Å². The average molecular weight is 250 g/mol. The monoisotopic (exact) mass is 250 g/mol. The lowest BCUT2D eigenvalue weighted by Gasteiger charge is -2.50. The smallest absolute Gasteiger partial charge is 0.218 e. The number of nitrogens with two attached hydrogens (primary N) is 1. The Morgan fingerprint density at radius 1 is 1.50 bits per heavy atom. The summed E-state index contributed by atoms with van der Waals surface area (Å²) in [5, 5.41) is 3.40. The predicted octanol–water partition coefficient (Wildman–Crippen LogP) is 1.80. The lowest BCUT2D eigenvalue weighted by atomic mass is 9.63. The summed E-state index contributed by atoms with van der Waals surface area (Å²) < 4.78 is 5.49. The number of rotatable bonds is 5. The first kappa shape index (κ1) is 13.1. The van der Waals surface area contributed by atoms with Gasteiger partial charge in [0, 0.05) is 23.6 Å². The standard InChI is InChI=1S/C13H22N4O/c1-4-5-18-12-7-11(15-8-16-12)17-10-6-9(14)13(10,2)3/h7-10H,4-6,14H2,1-3H3,(H,15,16,17). The minimum atomic E-state index is 0.107. The first-order valence-corrected chi connectivity index (χ1v) is 6.51. The molecule has 0 aliphatic heterocycles. The fourth-order valence-electron chi connectivity index (χ4n) is 2.09. The van der Waals surface area contributed by atoms with Gasteiger partial charge >= 0.3 is 0 Å². The number of ether oxygens (including phenoxy) is 1. The molecule has 5 heteroatoms. The van der Waals surface area contributed by atoms with Gasteiger partial charge in [-0.3, -0.25) is 0 Å². The van der Waals surface area contributed by atoms with Crippen LogP contribution in [0.3, 0.4) is 0 Å². The molecule has 18 heavy (non-hydrogen) atoms. The summed E-state index contributed by atoms with van der Waals surface area (Å²) in [6, 6.07) is 2.46. The van der Waals surface area contributed by atoms with Crippen LogP contribution < -0.4 is 15.8 Å². The molecule has 0 amide bonds. The highest BCUT2D eigenvalue weighted by molar-refractivity contribution is 5.40. The van der Waals surface area contributed by atoms with Crippen LogP contribution in [0.25, 0.3) is 0 Å². The molecule has 1 aliphatic rings. The van der Waals surface area contributed by atoms with E-state index in [0.717, 1.165) is 18.7 Å². The van der Waals surface area contributed by atoms with Crippen molar-refractivity contribution in [2.24, 2.45) is 11.1 Å². The third kappa shape index (κ3) is 2.56. The molecule has 0 bridgehead atoms. The van der Waals surface area contributed by atoms with Crippen LogP contribution in [0.1, 0.15) is 33.6 Å². The van der Waals surface area contributed by atoms with E-state index >= 15 is 0 Å². The van der Waals surface area contributed by atoms with Gasteiger partial charge in [0.1, 0.15) is 12.1 Å². The number of nitrogens with zero attached hydrogens (tertiary/aromatic N) is 2. The van der Waals surface area contributed by atoms with E-state index < -0.39 is 0 Å². The van der Waals surface area contributed by atoms with Crippen molar-refractivity contribution >= 4 is 5.82 Å². The maximum Gasteiger partial charge on any atom is 0.218 e. The zero-order valence-electron chi connectivity index (χ0n) is 11.3. The first-order chi connectivity index (χ1) is 8.54. The van der Waals surface area contributed by atoms with E-state index in [1.165, 1.54) is 6.33 Å². The molecule has 100 valence electrons. The van der Waals surface area contributed by atoms with Crippen molar-refractivity contribution in [2.75, 3.05) is 11.9 Å². The van der Waals surface area contributed by atoms with Crippen molar-refractivity contribution in [1.82, 2.24) is 9.97 Å². The van der Waals surface area contributed by atoms with Crippen molar-refractivity contribution in [2.45, 2.75) is 45.7 Å². The summed E-state index contributed by atoms with van der Waals surface area (Å²) in [5.74, 6) is 1.43. The minimum Gasteiger partial charge on any atom is -0.478 e. The predicted molar refractivity (Wildman–Crippen MR) is 71.6 cm³/mol. The highest BCUT2D eigenvalue weighted by Gasteiger charge is 2.46. The second-order valence-corrected chi connectivity index (χ2v) is 5.45. The van der Waals surface area contributed by atoms with Crippen molar-refractivity contribution in [3.8, 4) is 5.88 Å². The molecule has 2 atom stereocenters. The van der Waals surface area contributed by atoms with Crippen molar-refractivity contribution in [3.63, 3.8) is 0 Å². The third-order valence-electron chi connectivity index (χ3n) is 3.76. The fraction of sp³-hybridized carbons (Fsp3) is 0.692. The summed E-state index contributed by atoms with van der Waals surface area (Å²) >= 11 is 0. The molecule has 0 saturated heterocycles. The fourth-order valence-corrected chi connectivity index (χ4v) is 2.09. The van der Waals surface area contributed by atoms with Crippen LogP contribution in [-0.2, 0) is 0 Å². The van der Waals surface area contributed by atoms with Crippen molar-refractivity contribution in [3.05, 3.63) is 12.4 Å². The van der Waals surface area contributed by atoms with Crippen LogP contribution in [0.5, 0.6) is 5.88 Å². The summed E-state index contributed by atoms with van der Waals surface area (Å²) in [4.78, 5) is 8.30. The minimum absolute atomic E-state index is 0.107. The average Bonchev–Trinajstić information content (AvgIpc) is 2.36. The molecule has 0 spiro atoms. The Hall–Kier alpha value is -1.36. The zero-order valence-corrected chi connectivity index (χ0v) is 11.3. The SMILES string of the molecule is CCCOc1cc(NC2CC(N)C2(C)C)ncn1. The highest BCUT2D eigenvalue weighted by atomic mass is 16.5. The summed E-state index contributed by atoms with van der Waals surface area (Å²) in [6.07, 6.45) is 3.47. The second-order valence-electron chi connectivity index (χ2n) is 5.45. The number of anilines is 1. The van der Waals surface area contributed by atoms with E-state index in [1.54, 1.807) is 0 Å². The molecule has 2 unspecified atom stereocenters. The van der Waals surface area contributed by atoms with Crippen LogP contribution in [-0.4, -0.2) is 28.7 Å². The van der Waals surface area contributed by atoms with Gasteiger partial charge in [-0.05, 0) is 12.8 Å². The van der Waals surface area contributed by atoms with E-state index in [-0.39, 0.29) is 11.5 Å². The van der Waals surface area contributed by atoms with Gasteiger partial charge in [-0.2, -0.15) is 0 Å². The molecule has 0 aromatic carbocycles. The van der Waals surface area contributed by atoms with Crippen LogP contribution in [0, 0.1) is 5.41 Å². The van der Waals surface area contributed by atoms with E-state index in [1.807, 2.05) is 6.07 Å². The lowest BCUT2D eigenvalue weighted by molar-refractivity contribution is 0.117. The van der Waals surface area contributed by atoms with Gasteiger partial charge in [0.05, 0.1) is 6.61 Å². The number of nitrogens with one attached hydrogen (secondary N) is 1.